The lowest BCUT2D eigenvalue weighted by molar-refractivity contribution is 0.918. The molecule has 0 radical (unpaired) electrons. The zero-order chi connectivity index (χ0) is 14.1. The number of fused-ring (bicyclic) bond motifs is 1. The molecule has 0 fully saturated rings. The van der Waals surface area contributed by atoms with Crippen LogP contribution in [-0.2, 0) is 6.42 Å². The first kappa shape index (κ1) is 12.9. The van der Waals surface area contributed by atoms with Gasteiger partial charge in [-0.25, -0.2) is 4.98 Å². The monoisotopic (exact) mass is 287 g/mol. The lowest BCUT2D eigenvalue weighted by Crippen LogP contribution is -2.04. The standard InChI is InChI=1S/C14H14ClN5/c1-3-11-7-13(20-14(18-11)16-8-17-20)19-12-6-10(15)5-4-9(12)2/h4-8,19H,3H2,1-2H3. The van der Waals surface area contributed by atoms with E-state index in [1.807, 2.05) is 31.2 Å². The van der Waals surface area contributed by atoms with Gasteiger partial charge in [-0.15, -0.1) is 0 Å². The second-order valence-corrected chi connectivity index (χ2v) is 4.98. The van der Waals surface area contributed by atoms with Crippen LogP contribution in [0.4, 0.5) is 11.5 Å². The van der Waals surface area contributed by atoms with Gasteiger partial charge >= 0.3 is 0 Å². The molecule has 0 bridgehead atoms. The first-order chi connectivity index (χ1) is 9.67. The molecular weight excluding hydrogens is 274 g/mol. The maximum atomic E-state index is 6.05. The van der Waals surface area contributed by atoms with Gasteiger partial charge in [0.15, 0.2) is 0 Å². The van der Waals surface area contributed by atoms with Gasteiger partial charge in [0.1, 0.15) is 12.1 Å². The second-order valence-electron chi connectivity index (χ2n) is 4.54. The molecule has 1 N–H and O–H groups in total. The zero-order valence-corrected chi connectivity index (χ0v) is 12.0. The van der Waals surface area contributed by atoms with Crippen molar-refractivity contribution < 1.29 is 0 Å². The number of nitrogens with one attached hydrogen (secondary N) is 1. The Kier molecular flexibility index (Phi) is 3.28. The van der Waals surface area contributed by atoms with E-state index >= 15 is 0 Å². The lowest BCUT2D eigenvalue weighted by Gasteiger charge is -2.11. The summed E-state index contributed by atoms with van der Waals surface area (Å²) in [6, 6.07) is 7.72. The Morgan fingerprint density at radius 3 is 2.95 bits per heavy atom. The number of hydrogen-bond donors (Lipinski definition) is 1. The topological polar surface area (TPSA) is 55.1 Å². The van der Waals surface area contributed by atoms with Crippen molar-refractivity contribution in [2.45, 2.75) is 20.3 Å². The van der Waals surface area contributed by atoms with Crippen molar-refractivity contribution in [1.29, 1.82) is 0 Å². The van der Waals surface area contributed by atoms with Gasteiger partial charge in [-0.05, 0) is 31.0 Å². The van der Waals surface area contributed by atoms with Crippen LogP contribution in [0.25, 0.3) is 5.78 Å². The highest BCUT2D eigenvalue weighted by atomic mass is 35.5. The Balaban J connectivity index is 2.09. The van der Waals surface area contributed by atoms with E-state index in [2.05, 4.69) is 27.3 Å². The Morgan fingerprint density at radius 1 is 1.30 bits per heavy atom. The maximum Gasteiger partial charge on any atom is 0.254 e. The molecule has 20 heavy (non-hydrogen) atoms. The Hall–Kier alpha value is -2.14. The number of anilines is 2. The zero-order valence-electron chi connectivity index (χ0n) is 11.3. The van der Waals surface area contributed by atoms with Crippen molar-refractivity contribution in [2.75, 3.05) is 5.32 Å². The van der Waals surface area contributed by atoms with Gasteiger partial charge in [0, 0.05) is 22.5 Å². The highest BCUT2D eigenvalue weighted by Crippen LogP contribution is 2.24. The summed E-state index contributed by atoms with van der Waals surface area (Å²) in [5.74, 6) is 1.42. The molecule has 0 atom stereocenters. The fourth-order valence-electron chi connectivity index (χ4n) is 2.00. The predicted octanol–water partition coefficient (Wildman–Crippen LogP) is 3.39. The number of aryl methyl sites for hydroxylation is 2. The molecule has 0 aliphatic carbocycles. The quantitative estimate of drug-likeness (QED) is 0.802. The van der Waals surface area contributed by atoms with Gasteiger partial charge < -0.3 is 5.32 Å². The van der Waals surface area contributed by atoms with E-state index in [9.17, 15) is 0 Å². The molecule has 0 spiro atoms. The van der Waals surface area contributed by atoms with Crippen molar-refractivity contribution in [3.8, 4) is 0 Å². The van der Waals surface area contributed by atoms with Crippen LogP contribution in [0, 0.1) is 6.92 Å². The summed E-state index contributed by atoms with van der Waals surface area (Å²) in [4.78, 5) is 8.56. The van der Waals surface area contributed by atoms with Gasteiger partial charge in [-0.2, -0.15) is 14.6 Å². The van der Waals surface area contributed by atoms with Crippen molar-refractivity contribution in [3.05, 3.63) is 46.9 Å². The molecule has 0 saturated carbocycles. The number of aromatic nitrogens is 4. The average molecular weight is 288 g/mol. The molecule has 0 amide bonds. The number of benzene rings is 1. The van der Waals surface area contributed by atoms with Gasteiger partial charge in [-0.3, -0.25) is 0 Å². The van der Waals surface area contributed by atoms with Crippen LogP contribution >= 0.6 is 11.6 Å². The van der Waals surface area contributed by atoms with E-state index in [0.717, 1.165) is 29.2 Å². The summed E-state index contributed by atoms with van der Waals surface area (Å²) in [5, 5.41) is 8.24. The van der Waals surface area contributed by atoms with Crippen LogP contribution in [0.1, 0.15) is 18.2 Å². The molecule has 3 aromatic rings. The Labute approximate surface area is 121 Å². The number of nitrogens with zero attached hydrogens (tertiary/aromatic N) is 4. The van der Waals surface area contributed by atoms with E-state index in [1.54, 1.807) is 4.52 Å². The molecule has 2 heterocycles. The number of halogens is 1. The summed E-state index contributed by atoms with van der Waals surface area (Å²) in [7, 11) is 0. The summed E-state index contributed by atoms with van der Waals surface area (Å²) >= 11 is 6.05. The van der Waals surface area contributed by atoms with E-state index in [1.165, 1.54) is 6.33 Å². The summed E-state index contributed by atoms with van der Waals surface area (Å²) in [6.45, 7) is 4.09. The van der Waals surface area contributed by atoms with Gasteiger partial charge in [0.2, 0.25) is 0 Å². The van der Waals surface area contributed by atoms with Crippen LogP contribution in [0.2, 0.25) is 5.02 Å². The van der Waals surface area contributed by atoms with E-state index < -0.39 is 0 Å². The first-order valence-corrected chi connectivity index (χ1v) is 6.78. The van der Waals surface area contributed by atoms with E-state index in [-0.39, 0.29) is 0 Å². The van der Waals surface area contributed by atoms with Gasteiger partial charge in [-0.1, -0.05) is 24.6 Å². The molecule has 3 rings (SSSR count). The van der Waals surface area contributed by atoms with Crippen molar-refractivity contribution in [1.82, 2.24) is 19.6 Å². The Bertz CT molecular complexity index is 765. The minimum Gasteiger partial charge on any atom is -0.340 e. The normalized spacial score (nSPS) is 10.9. The molecule has 102 valence electrons. The van der Waals surface area contributed by atoms with Crippen molar-refractivity contribution >= 4 is 28.9 Å². The highest BCUT2D eigenvalue weighted by molar-refractivity contribution is 6.30. The lowest BCUT2D eigenvalue weighted by atomic mass is 10.2. The minimum atomic E-state index is 0.589. The first-order valence-electron chi connectivity index (χ1n) is 6.40. The predicted molar refractivity (Wildman–Crippen MR) is 79.6 cm³/mol. The molecule has 1 aromatic carbocycles. The second kappa shape index (κ2) is 5.09. The largest absolute Gasteiger partial charge is 0.340 e. The van der Waals surface area contributed by atoms with Crippen molar-refractivity contribution in [3.63, 3.8) is 0 Å². The fourth-order valence-corrected chi connectivity index (χ4v) is 2.17. The van der Waals surface area contributed by atoms with E-state index in [0.29, 0.717) is 10.8 Å². The third kappa shape index (κ3) is 2.32. The third-order valence-electron chi connectivity index (χ3n) is 3.13. The average Bonchev–Trinajstić information content (AvgIpc) is 2.91. The van der Waals surface area contributed by atoms with Crippen LogP contribution < -0.4 is 5.32 Å². The van der Waals surface area contributed by atoms with Crippen LogP contribution in [0.3, 0.4) is 0 Å². The molecule has 2 aromatic heterocycles. The highest BCUT2D eigenvalue weighted by Gasteiger charge is 2.08. The summed E-state index contributed by atoms with van der Waals surface area (Å²) in [5.41, 5.74) is 3.02. The SMILES string of the molecule is CCc1cc(Nc2cc(Cl)ccc2C)n2ncnc2n1. The van der Waals surface area contributed by atoms with E-state index in [4.69, 9.17) is 11.6 Å². The molecule has 0 aliphatic rings. The van der Waals surface area contributed by atoms with Crippen LogP contribution in [0.15, 0.2) is 30.6 Å². The molecule has 5 nitrogen and oxygen atoms in total. The fraction of sp³-hybridized carbons (Fsp3) is 0.214. The van der Waals surface area contributed by atoms with Gasteiger partial charge in [0.25, 0.3) is 5.78 Å². The summed E-state index contributed by atoms with van der Waals surface area (Å²) in [6.07, 6.45) is 2.34. The Morgan fingerprint density at radius 2 is 2.15 bits per heavy atom. The van der Waals surface area contributed by atoms with Crippen LogP contribution in [0.5, 0.6) is 0 Å². The molecule has 0 unspecified atom stereocenters. The molecule has 6 heteroatoms. The van der Waals surface area contributed by atoms with Crippen LogP contribution in [-0.4, -0.2) is 19.6 Å². The minimum absolute atomic E-state index is 0.589. The number of rotatable bonds is 3. The number of hydrogen-bond acceptors (Lipinski definition) is 4. The summed E-state index contributed by atoms with van der Waals surface area (Å²) < 4.78 is 1.68. The molecule has 0 aliphatic heterocycles. The molecular formula is C14H14ClN5. The smallest absolute Gasteiger partial charge is 0.254 e. The van der Waals surface area contributed by atoms with Gasteiger partial charge in [0.05, 0.1) is 0 Å². The molecule has 0 saturated heterocycles. The maximum absolute atomic E-state index is 6.05. The third-order valence-corrected chi connectivity index (χ3v) is 3.36. The van der Waals surface area contributed by atoms with Crippen molar-refractivity contribution in [2.24, 2.45) is 0 Å².